The molecular formula is C11H6BrNS2. The van der Waals surface area contributed by atoms with Crippen molar-refractivity contribution in [3.63, 3.8) is 0 Å². The van der Waals surface area contributed by atoms with Crippen LogP contribution in [0.5, 0.6) is 0 Å². The van der Waals surface area contributed by atoms with Crippen LogP contribution in [-0.4, -0.2) is 0 Å². The van der Waals surface area contributed by atoms with Gasteiger partial charge in [-0.1, -0.05) is 17.8 Å². The van der Waals surface area contributed by atoms with Crippen LogP contribution in [-0.2, 0) is 0 Å². The molecule has 1 aromatic heterocycles. The number of rotatable bonds is 2. The predicted molar refractivity (Wildman–Crippen MR) is 67.3 cm³/mol. The molecule has 0 aliphatic carbocycles. The third kappa shape index (κ3) is 2.63. The molecule has 0 aliphatic heterocycles. The summed E-state index contributed by atoms with van der Waals surface area (Å²) in [4.78, 5) is 1.14. The summed E-state index contributed by atoms with van der Waals surface area (Å²) in [6, 6.07) is 11.9. The fourth-order valence-electron chi connectivity index (χ4n) is 1.08. The number of nitriles is 1. The maximum absolute atomic E-state index is 8.73. The second-order valence-electron chi connectivity index (χ2n) is 2.79. The summed E-state index contributed by atoms with van der Waals surface area (Å²) in [5.41, 5.74) is 0.678. The molecule has 74 valence electrons. The Hall–Kier alpha value is -0.760. The number of hydrogen-bond donors (Lipinski definition) is 0. The first kappa shape index (κ1) is 10.7. The molecule has 1 aromatic carbocycles. The molecule has 0 saturated heterocycles. The van der Waals surface area contributed by atoms with Crippen LogP contribution < -0.4 is 0 Å². The van der Waals surface area contributed by atoms with Gasteiger partial charge in [-0.3, -0.25) is 0 Å². The lowest BCUT2D eigenvalue weighted by molar-refractivity contribution is 1.37. The second-order valence-corrected chi connectivity index (χ2v) is 5.94. The van der Waals surface area contributed by atoms with E-state index in [0.717, 1.165) is 9.37 Å². The first-order valence-electron chi connectivity index (χ1n) is 4.20. The molecule has 0 spiro atoms. The lowest BCUT2D eigenvalue weighted by atomic mass is 10.2. The van der Waals surface area contributed by atoms with Gasteiger partial charge in [0.15, 0.2) is 0 Å². The van der Waals surface area contributed by atoms with E-state index in [4.69, 9.17) is 5.26 Å². The standard InChI is InChI=1S/C11H6BrNS2/c12-9-6-8(7-13)3-4-10(9)15-11-2-1-5-14-11/h1-6H. The van der Waals surface area contributed by atoms with E-state index >= 15 is 0 Å². The zero-order valence-corrected chi connectivity index (χ0v) is 10.8. The van der Waals surface area contributed by atoms with Crippen molar-refractivity contribution in [1.29, 1.82) is 5.26 Å². The van der Waals surface area contributed by atoms with Crippen molar-refractivity contribution in [3.8, 4) is 6.07 Å². The molecule has 15 heavy (non-hydrogen) atoms. The Balaban J connectivity index is 2.27. The Morgan fingerprint density at radius 3 is 2.80 bits per heavy atom. The molecule has 0 unspecified atom stereocenters. The molecule has 2 rings (SSSR count). The van der Waals surface area contributed by atoms with Crippen molar-refractivity contribution in [2.45, 2.75) is 9.10 Å². The molecule has 0 N–H and O–H groups in total. The summed E-state index contributed by atoms with van der Waals surface area (Å²) < 4.78 is 2.22. The van der Waals surface area contributed by atoms with E-state index in [0.29, 0.717) is 5.56 Å². The molecule has 2 aromatic rings. The molecule has 1 nitrogen and oxygen atoms in total. The van der Waals surface area contributed by atoms with E-state index < -0.39 is 0 Å². The number of halogens is 1. The van der Waals surface area contributed by atoms with E-state index in [-0.39, 0.29) is 0 Å². The highest BCUT2D eigenvalue weighted by Crippen LogP contribution is 2.36. The van der Waals surface area contributed by atoms with Crippen LogP contribution in [0.3, 0.4) is 0 Å². The van der Waals surface area contributed by atoms with Gasteiger partial charge in [-0.25, -0.2) is 0 Å². The fourth-order valence-corrected chi connectivity index (χ4v) is 3.44. The molecule has 0 amide bonds. The normalized spacial score (nSPS) is 9.87. The third-order valence-electron chi connectivity index (χ3n) is 1.77. The van der Waals surface area contributed by atoms with Crippen LogP contribution in [0.1, 0.15) is 5.56 Å². The van der Waals surface area contributed by atoms with Crippen molar-refractivity contribution in [2.24, 2.45) is 0 Å². The molecule has 0 saturated carbocycles. The summed E-state index contributed by atoms with van der Waals surface area (Å²) in [7, 11) is 0. The van der Waals surface area contributed by atoms with Gasteiger partial charge in [0.1, 0.15) is 0 Å². The minimum Gasteiger partial charge on any atom is -0.192 e. The second kappa shape index (κ2) is 4.84. The highest BCUT2D eigenvalue weighted by Gasteiger charge is 2.03. The topological polar surface area (TPSA) is 23.8 Å². The number of thiophene rings is 1. The highest BCUT2D eigenvalue weighted by molar-refractivity contribution is 9.10. The summed E-state index contributed by atoms with van der Waals surface area (Å²) in [5.74, 6) is 0. The van der Waals surface area contributed by atoms with Crippen molar-refractivity contribution in [2.75, 3.05) is 0 Å². The summed E-state index contributed by atoms with van der Waals surface area (Å²) >= 11 is 6.88. The van der Waals surface area contributed by atoms with Gasteiger partial charge in [0.25, 0.3) is 0 Å². The lowest BCUT2D eigenvalue weighted by Gasteiger charge is -2.01. The van der Waals surface area contributed by atoms with Crippen LogP contribution >= 0.6 is 39.0 Å². The molecule has 0 bridgehead atoms. The average molecular weight is 296 g/mol. The van der Waals surface area contributed by atoms with Gasteiger partial charge in [-0.15, -0.1) is 11.3 Å². The first-order chi connectivity index (χ1) is 7.29. The Morgan fingerprint density at radius 2 is 2.20 bits per heavy atom. The molecule has 0 radical (unpaired) electrons. The monoisotopic (exact) mass is 295 g/mol. The minimum absolute atomic E-state index is 0.678. The van der Waals surface area contributed by atoms with Crippen LogP contribution in [0.2, 0.25) is 0 Å². The molecule has 0 aliphatic rings. The lowest BCUT2D eigenvalue weighted by Crippen LogP contribution is -1.77. The van der Waals surface area contributed by atoms with Gasteiger partial charge in [0.05, 0.1) is 15.8 Å². The van der Waals surface area contributed by atoms with Crippen LogP contribution in [0, 0.1) is 11.3 Å². The SMILES string of the molecule is N#Cc1ccc(Sc2cccs2)c(Br)c1. The maximum Gasteiger partial charge on any atom is 0.0992 e. The van der Waals surface area contributed by atoms with Crippen LogP contribution in [0.15, 0.2) is 49.3 Å². The van der Waals surface area contributed by atoms with Gasteiger partial charge in [-0.2, -0.15) is 5.26 Å². The number of nitrogens with zero attached hydrogens (tertiary/aromatic N) is 1. The third-order valence-corrected chi connectivity index (χ3v) is 4.80. The minimum atomic E-state index is 0.678. The molecule has 0 atom stereocenters. The van der Waals surface area contributed by atoms with Gasteiger partial charge in [0, 0.05) is 9.37 Å². The van der Waals surface area contributed by atoms with Gasteiger partial charge in [-0.05, 0) is 45.6 Å². The molecule has 0 fully saturated rings. The maximum atomic E-state index is 8.73. The fraction of sp³-hybridized carbons (Fsp3) is 0. The van der Waals surface area contributed by atoms with Gasteiger partial charge in [0.2, 0.25) is 0 Å². The van der Waals surface area contributed by atoms with Gasteiger partial charge >= 0.3 is 0 Å². The Bertz CT molecular complexity index is 500. The van der Waals surface area contributed by atoms with Crippen LogP contribution in [0.25, 0.3) is 0 Å². The van der Waals surface area contributed by atoms with E-state index in [2.05, 4.69) is 33.4 Å². The van der Waals surface area contributed by atoms with Crippen molar-refractivity contribution < 1.29 is 0 Å². The highest BCUT2D eigenvalue weighted by atomic mass is 79.9. The quantitative estimate of drug-likeness (QED) is 0.812. The molecule has 1 heterocycles. The Kier molecular flexibility index (Phi) is 3.47. The van der Waals surface area contributed by atoms with Crippen molar-refractivity contribution in [3.05, 3.63) is 45.7 Å². The van der Waals surface area contributed by atoms with E-state index in [1.54, 1.807) is 23.1 Å². The van der Waals surface area contributed by atoms with E-state index in [1.807, 2.05) is 24.3 Å². The zero-order chi connectivity index (χ0) is 10.7. The summed E-state index contributed by atoms with van der Waals surface area (Å²) in [6.07, 6.45) is 0. The van der Waals surface area contributed by atoms with E-state index in [9.17, 15) is 0 Å². The first-order valence-corrected chi connectivity index (χ1v) is 6.69. The van der Waals surface area contributed by atoms with Crippen molar-refractivity contribution >= 4 is 39.0 Å². The van der Waals surface area contributed by atoms with Gasteiger partial charge < -0.3 is 0 Å². The number of hydrogen-bond acceptors (Lipinski definition) is 3. The largest absolute Gasteiger partial charge is 0.192 e. The summed E-state index contributed by atoms with van der Waals surface area (Å²) in [6.45, 7) is 0. The Labute approximate surface area is 105 Å². The van der Waals surface area contributed by atoms with Crippen molar-refractivity contribution in [1.82, 2.24) is 0 Å². The average Bonchev–Trinajstić information content (AvgIpc) is 2.74. The van der Waals surface area contributed by atoms with E-state index in [1.165, 1.54) is 4.21 Å². The smallest absolute Gasteiger partial charge is 0.0992 e. The predicted octanol–water partition coefficient (Wildman–Crippen LogP) is 4.53. The zero-order valence-electron chi connectivity index (χ0n) is 7.61. The van der Waals surface area contributed by atoms with Crippen LogP contribution in [0.4, 0.5) is 0 Å². The Morgan fingerprint density at radius 1 is 1.33 bits per heavy atom. The molecule has 4 heteroatoms. The number of benzene rings is 1. The summed E-state index contributed by atoms with van der Waals surface area (Å²) in [5, 5.41) is 10.8. The molecular weight excluding hydrogens is 290 g/mol.